The van der Waals surface area contributed by atoms with Gasteiger partial charge < -0.3 is 4.57 Å². The van der Waals surface area contributed by atoms with Crippen molar-refractivity contribution in [3.05, 3.63) is 36.5 Å². The highest BCUT2D eigenvalue weighted by molar-refractivity contribution is 7.87. The van der Waals surface area contributed by atoms with Gasteiger partial charge in [0.05, 0.1) is 6.20 Å². The number of nitrogens with one attached hydrogen (secondary N) is 1. The molecular formula is C15H20N3O2S. The number of rotatable bonds is 5. The molecule has 1 saturated heterocycles. The third-order valence-corrected chi connectivity index (χ3v) is 5.49. The van der Waals surface area contributed by atoms with E-state index in [0.717, 1.165) is 30.2 Å². The maximum Gasteiger partial charge on any atom is 0.279 e. The van der Waals surface area contributed by atoms with E-state index in [2.05, 4.69) is 10.9 Å². The zero-order valence-corrected chi connectivity index (χ0v) is 12.8. The molecule has 1 radical (unpaired) electrons. The lowest BCUT2D eigenvalue weighted by Gasteiger charge is -2.25. The molecule has 5 nitrogen and oxygen atoms in total. The lowest BCUT2D eigenvalue weighted by atomic mass is 10.2. The summed E-state index contributed by atoms with van der Waals surface area (Å²) in [5.41, 5.74) is 1.08. The molecule has 2 aromatic rings. The smallest absolute Gasteiger partial charge is 0.279 e. The summed E-state index contributed by atoms with van der Waals surface area (Å²) < 4.78 is 30.5. The van der Waals surface area contributed by atoms with Crippen molar-refractivity contribution in [3.63, 3.8) is 0 Å². The molecule has 0 aliphatic carbocycles. The Morgan fingerprint density at radius 3 is 2.71 bits per heavy atom. The Morgan fingerprint density at radius 2 is 1.90 bits per heavy atom. The Hall–Kier alpha value is -1.37. The molecule has 6 heteroatoms. The first-order valence-electron chi connectivity index (χ1n) is 7.37. The minimum Gasteiger partial charge on any atom is -0.338 e. The summed E-state index contributed by atoms with van der Waals surface area (Å²) in [6, 6.07) is 9.93. The molecule has 1 fully saturated rings. The average Bonchev–Trinajstić information content (AvgIpc) is 2.92. The van der Waals surface area contributed by atoms with Crippen LogP contribution in [-0.4, -0.2) is 36.9 Å². The van der Waals surface area contributed by atoms with Crippen LogP contribution in [0.25, 0.3) is 10.9 Å². The molecule has 0 unspecified atom stereocenters. The molecule has 113 valence electrons. The largest absolute Gasteiger partial charge is 0.338 e. The summed E-state index contributed by atoms with van der Waals surface area (Å²) in [4.78, 5) is 0. The van der Waals surface area contributed by atoms with Crippen molar-refractivity contribution < 1.29 is 8.42 Å². The monoisotopic (exact) mass is 306 g/mol. The van der Waals surface area contributed by atoms with Crippen LogP contribution in [0.1, 0.15) is 19.3 Å². The third kappa shape index (κ3) is 3.28. The van der Waals surface area contributed by atoms with Crippen molar-refractivity contribution in [3.8, 4) is 0 Å². The van der Waals surface area contributed by atoms with Crippen molar-refractivity contribution >= 4 is 21.1 Å². The zero-order valence-electron chi connectivity index (χ0n) is 12.0. The number of para-hydroxylation sites is 1. The number of fused-ring (bicyclic) bond motifs is 1. The Bertz CT molecular complexity index is 703. The summed E-state index contributed by atoms with van der Waals surface area (Å²) in [5, 5.41) is 1.12. The highest BCUT2D eigenvalue weighted by atomic mass is 32.2. The zero-order chi connectivity index (χ0) is 14.7. The number of hydrogen-bond acceptors (Lipinski definition) is 2. The quantitative estimate of drug-likeness (QED) is 0.915. The van der Waals surface area contributed by atoms with Crippen LogP contribution in [0.15, 0.2) is 30.3 Å². The number of piperidine rings is 1. The molecule has 1 aromatic carbocycles. The van der Waals surface area contributed by atoms with Gasteiger partial charge in [0, 0.05) is 37.1 Å². The molecule has 0 amide bonds. The van der Waals surface area contributed by atoms with E-state index in [-0.39, 0.29) is 0 Å². The molecule has 2 heterocycles. The van der Waals surface area contributed by atoms with Crippen LogP contribution in [0.5, 0.6) is 0 Å². The van der Waals surface area contributed by atoms with Crippen molar-refractivity contribution in [2.75, 3.05) is 19.6 Å². The van der Waals surface area contributed by atoms with E-state index in [9.17, 15) is 8.42 Å². The number of nitrogens with zero attached hydrogens (tertiary/aromatic N) is 2. The van der Waals surface area contributed by atoms with Crippen LogP contribution in [0.4, 0.5) is 0 Å². The van der Waals surface area contributed by atoms with Crippen LogP contribution >= 0.6 is 0 Å². The topological polar surface area (TPSA) is 54.3 Å². The molecule has 3 rings (SSSR count). The van der Waals surface area contributed by atoms with Crippen LogP contribution < -0.4 is 4.72 Å². The fourth-order valence-corrected chi connectivity index (χ4v) is 4.01. The first-order valence-corrected chi connectivity index (χ1v) is 8.81. The molecule has 21 heavy (non-hydrogen) atoms. The first kappa shape index (κ1) is 14.6. The van der Waals surface area contributed by atoms with Gasteiger partial charge in [0.15, 0.2) is 0 Å². The first-order chi connectivity index (χ1) is 10.2. The molecule has 1 aliphatic heterocycles. The SMILES string of the molecule is O=S(=O)(NCCn1[c]cc2ccccc21)N1CCCCC1. The summed E-state index contributed by atoms with van der Waals surface area (Å²) >= 11 is 0. The van der Waals surface area contributed by atoms with E-state index in [1.165, 1.54) is 0 Å². The summed E-state index contributed by atoms with van der Waals surface area (Å²) in [5.74, 6) is 0. The normalized spacial score (nSPS) is 17.3. The van der Waals surface area contributed by atoms with Gasteiger partial charge in [-0.15, -0.1) is 0 Å². The van der Waals surface area contributed by atoms with E-state index < -0.39 is 10.2 Å². The van der Waals surface area contributed by atoms with Crippen LogP contribution in [0.3, 0.4) is 0 Å². The molecule has 1 N–H and O–H groups in total. The van der Waals surface area contributed by atoms with Crippen molar-refractivity contribution in [2.45, 2.75) is 25.8 Å². The second-order valence-electron chi connectivity index (χ2n) is 5.34. The molecule has 0 bridgehead atoms. The Kier molecular flexibility index (Phi) is 4.28. The third-order valence-electron chi connectivity index (χ3n) is 3.88. The fourth-order valence-electron chi connectivity index (χ4n) is 2.74. The maximum absolute atomic E-state index is 12.2. The molecule has 1 aliphatic rings. The minimum absolute atomic E-state index is 0.383. The van der Waals surface area contributed by atoms with E-state index in [4.69, 9.17) is 0 Å². The van der Waals surface area contributed by atoms with Crippen molar-refractivity contribution in [2.24, 2.45) is 0 Å². The van der Waals surface area contributed by atoms with Crippen molar-refractivity contribution in [1.82, 2.24) is 13.6 Å². The van der Waals surface area contributed by atoms with Crippen LogP contribution in [0, 0.1) is 6.20 Å². The maximum atomic E-state index is 12.2. The summed E-state index contributed by atoms with van der Waals surface area (Å²) in [6.45, 7) is 2.23. The van der Waals surface area contributed by atoms with Gasteiger partial charge in [-0.25, -0.2) is 4.72 Å². The fraction of sp³-hybridized carbons (Fsp3) is 0.467. The lowest BCUT2D eigenvalue weighted by Crippen LogP contribution is -2.44. The number of benzene rings is 1. The Labute approximate surface area is 125 Å². The van der Waals surface area contributed by atoms with Gasteiger partial charge in [-0.3, -0.25) is 0 Å². The molecule has 0 atom stereocenters. The number of aromatic nitrogens is 1. The van der Waals surface area contributed by atoms with Gasteiger partial charge in [0.2, 0.25) is 0 Å². The highest BCUT2D eigenvalue weighted by Gasteiger charge is 2.22. The van der Waals surface area contributed by atoms with E-state index in [0.29, 0.717) is 26.2 Å². The van der Waals surface area contributed by atoms with E-state index >= 15 is 0 Å². The van der Waals surface area contributed by atoms with Crippen LogP contribution in [0.2, 0.25) is 0 Å². The summed E-state index contributed by atoms with van der Waals surface area (Å²) in [7, 11) is -3.33. The van der Waals surface area contributed by atoms with Gasteiger partial charge in [-0.2, -0.15) is 12.7 Å². The van der Waals surface area contributed by atoms with Gasteiger partial charge in [0.25, 0.3) is 10.2 Å². The van der Waals surface area contributed by atoms with Gasteiger partial charge in [0.1, 0.15) is 0 Å². The predicted octanol–water partition coefficient (Wildman–Crippen LogP) is 1.76. The predicted molar refractivity (Wildman–Crippen MR) is 83.1 cm³/mol. The second kappa shape index (κ2) is 6.17. The van der Waals surface area contributed by atoms with Gasteiger partial charge >= 0.3 is 0 Å². The van der Waals surface area contributed by atoms with Gasteiger partial charge in [-0.05, 0) is 25.0 Å². The Morgan fingerprint density at radius 1 is 1.14 bits per heavy atom. The highest BCUT2D eigenvalue weighted by Crippen LogP contribution is 2.14. The Balaban J connectivity index is 1.60. The molecule has 0 spiro atoms. The van der Waals surface area contributed by atoms with E-state index in [1.54, 1.807) is 4.31 Å². The average molecular weight is 306 g/mol. The minimum atomic E-state index is -3.33. The molecular weight excluding hydrogens is 286 g/mol. The standard InChI is InChI=1S/C15H20N3O2S/c19-21(20,18-10-4-1-5-11-18)16-9-13-17-12-8-14-6-2-3-7-15(14)17/h2-3,6-8,16H,1,4-5,9-11,13H2. The lowest BCUT2D eigenvalue weighted by molar-refractivity contribution is 0.341. The molecule has 0 saturated carbocycles. The summed E-state index contributed by atoms with van der Waals surface area (Å²) in [6.07, 6.45) is 6.18. The molecule has 1 aromatic heterocycles. The van der Waals surface area contributed by atoms with Crippen molar-refractivity contribution in [1.29, 1.82) is 0 Å². The van der Waals surface area contributed by atoms with Gasteiger partial charge in [-0.1, -0.05) is 24.6 Å². The number of hydrogen-bond donors (Lipinski definition) is 1. The van der Waals surface area contributed by atoms with E-state index in [1.807, 2.05) is 34.9 Å². The van der Waals surface area contributed by atoms with Crippen LogP contribution in [-0.2, 0) is 16.8 Å². The second-order valence-corrected chi connectivity index (χ2v) is 7.10.